The highest BCUT2D eigenvalue weighted by atomic mass is 35.5. The number of amides is 2. The molecular weight excluding hydrogens is 371 g/mol. The zero-order chi connectivity index (χ0) is 19.1. The Morgan fingerprint density at radius 3 is 2.46 bits per heavy atom. The largest absolute Gasteiger partial charge is 0.355 e. The van der Waals surface area contributed by atoms with Crippen LogP contribution in [-0.4, -0.2) is 24.9 Å². The quantitative estimate of drug-likeness (QED) is 0.697. The first-order valence-corrected chi connectivity index (χ1v) is 9.18. The molecule has 0 saturated carbocycles. The third kappa shape index (κ3) is 6.04. The summed E-state index contributed by atoms with van der Waals surface area (Å²) in [4.78, 5) is 23.9. The minimum atomic E-state index is -0.405. The van der Waals surface area contributed by atoms with Crippen molar-refractivity contribution in [2.75, 3.05) is 13.1 Å². The molecule has 0 heterocycles. The van der Waals surface area contributed by atoms with Crippen LogP contribution in [0, 0.1) is 13.8 Å². The molecule has 26 heavy (non-hydrogen) atoms. The fourth-order valence-corrected chi connectivity index (χ4v) is 3.12. The molecule has 0 aliphatic heterocycles. The Labute approximate surface area is 163 Å². The standard InChI is InChI=1S/C20H22Cl2N2O2/c1-13-5-6-15(14(2)10-13)4-3-9-23-19(25)12-24-20(26)17-8-7-16(21)11-18(17)22/h5-8,10-11H,3-4,9,12H2,1-2H3,(H,23,25)(H,24,26). The number of aryl methyl sites for hydroxylation is 3. The molecule has 138 valence electrons. The van der Waals surface area contributed by atoms with Crippen LogP contribution in [0.1, 0.15) is 33.5 Å². The number of carbonyl (C=O) groups is 2. The second-order valence-electron chi connectivity index (χ2n) is 6.19. The molecule has 6 heteroatoms. The molecule has 0 fully saturated rings. The molecule has 0 aliphatic carbocycles. The van der Waals surface area contributed by atoms with Gasteiger partial charge in [-0.3, -0.25) is 9.59 Å². The van der Waals surface area contributed by atoms with Gasteiger partial charge in [0.1, 0.15) is 0 Å². The second kappa shape index (κ2) is 9.60. The fraction of sp³-hybridized carbons (Fsp3) is 0.300. The predicted molar refractivity (Wildman–Crippen MR) is 106 cm³/mol. The first kappa shape index (κ1) is 20.3. The van der Waals surface area contributed by atoms with E-state index in [9.17, 15) is 9.59 Å². The molecule has 0 unspecified atom stereocenters. The summed E-state index contributed by atoms with van der Waals surface area (Å²) >= 11 is 11.8. The van der Waals surface area contributed by atoms with Crippen molar-refractivity contribution in [1.82, 2.24) is 10.6 Å². The van der Waals surface area contributed by atoms with Crippen LogP contribution in [0.3, 0.4) is 0 Å². The molecule has 0 aromatic heterocycles. The van der Waals surface area contributed by atoms with Gasteiger partial charge in [-0.15, -0.1) is 0 Å². The Morgan fingerprint density at radius 1 is 1.00 bits per heavy atom. The van der Waals surface area contributed by atoms with Crippen molar-refractivity contribution in [2.45, 2.75) is 26.7 Å². The van der Waals surface area contributed by atoms with Crippen LogP contribution >= 0.6 is 23.2 Å². The molecule has 2 amide bonds. The number of hydrogen-bond donors (Lipinski definition) is 2. The Kier molecular flexibility index (Phi) is 7.49. The van der Waals surface area contributed by atoms with E-state index in [0.717, 1.165) is 12.8 Å². The van der Waals surface area contributed by atoms with Gasteiger partial charge in [0.25, 0.3) is 5.91 Å². The van der Waals surface area contributed by atoms with E-state index in [1.54, 1.807) is 6.07 Å². The van der Waals surface area contributed by atoms with Crippen LogP contribution in [-0.2, 0) is 11.2 Å². The lowest BCUT2D eigenvalue weighted by Crippen LogP contribution is -2.37. The molecule has 0 saturated heterocycles. The molecule has 4 nitrogen and oxygen atoms in total. The monoisotopic (exact) mass is 392 g/mol. The van der Waals surface area contributed by atoms with Crippen LogP contribution in [0.4, 0.5) is 0 Å². The van der Waals surface area contributed by atoms with E-state index in [4.69, 9.17) is 23.2 Å². The maximum atomic E-state index is 12.0. The summed E-state index contributed by atoms with van der Waals surface area (Å²) < 4.78 is 0. The number of nitrogens with one attached hydrogen (secondary N) is 2. The number of halogens is 2. The van der Waals surface area contributed by atoms with Crippen molar-refractivity contribution in [1.29, 1.82) is 0 Å². The highest BCUT2D eigenvalue weighted by molar-refractivity contribution is 6.36. The summed E-state index contributed by atoms with van der Waals surface area (Å²) in [6.45, 7) is 4.63. The van der Waals surface area contributed by atoms with Gasteiger partial charge >= 0.3 is 0 Å². The van der Waals surface area contributed by atoms with E-state index in [2.05, 4.69) is 42.7 Å². The lowest BCUT2D eigenvalue weighted by atomic mass is 10.0. The summed E-state index contributed by atoms with van der Waals surface area (Å²) in [5.41, 5.74) is 4.09. The zero-order valence-corrected chi connectivity index (χ0v) is 16.4. The summed E-state index contributed by atoms with van der Waals surface area (Å²) in [6.07, 6.45) is 1.74. The van der Waals surface area contributed by atoms with Crippen molar-refractivity contribution in [3.63, 3.8) is 0 Å². The van der Waals surface area contributed by atoms with Gasteiger partial charge in [0, 0.05) is 11.6 Å². The number of rotatable bonds is 7. The Morgan fingerprint density at radius 2 is 1.77 bits per heavy atom. The second-order valence-corrected chi connectivity index (χ2v) is 7.03. The summed E-state index contributed by atoms with van der Waals surface area (Å²) in [5.74, 6) is -0.638. The van der Waals surface area contributed by atoms with Crippen molar-refractivity contribution >= 4 is 35.0 Å². The van der Waals surface area contributed by atoms with Gasteiger partial charge in [-0.1, -0.05) is 47.0 Å². The molecule has 0 radical (unpaired) electrons. The predicted octanol–water partition coefficient (Wildman–Crippen LogP) is 4.09. The first-order chi connectivity index (χ1) is 12.4. The summed E-state index contributed by atoms with van der Waals surface area (Å²) in [5, 5.41) is 6.07. The molecule has 2 aromatic rings. The topological polar surface area (TPSA) is 58.2 Å². The zero-order valence-electron chi connectivity index (χ0n) is 14.9. The molecule has 2 aromatic carbocycles. The van der Waals surface area contributed by atoms with Crippen molar-refractivity contribution in [3.8, 4) is 0 Å². The minimum Gasteiger partial charge on any atom is -0.355 e. The normalized spacial score (nSPS) is 10.5. The van der Waals surface area contributed by atoms with Crippen LogP contribution in [0.25, 0.3) is 0 Å². The Hall–Kier alpha value is -2.04. The van der Waals surface area contributed by atoms with Gasteiger partial charge in [-0.2, -0.15) is 0 Å². The molecule has 0 bridgehead atoms. The van der Waals surface area contributed by atoms with E-state index >= 15 is 0 Å². The van der Waals surface area contributed by atoms with E-state index in [1.165, 1.54) is 28.8 Å². The van der Waals surface area contributed by atoms with E-state index in [0.29, 0.717) is 17.1 Å². The smallest absolute Gasteiger partial charge is 0.253 e. The van der Waals surface area contributed by atoms with Crippen LogP contribution in [0.15, 0.2) is 36.4 Å². The van der Waals surface area contributed by atoms with Crippen LogP contribution in [0.5, 0.6) is 0 Å². The van der Waals surface area contributed by atoms with Crippen LogP contribution in [0.2, 0.25) is 10.0 Å². The van der Waals surface area contributed by atoms with Gasteiger partial charge in [0.2, 0.25) is 5.91 Å². The summed E-state index contributed by atoms with van der Waals surface area (Å²) in [6, 6.07) is 11.0. The Bertz CT molecular complexity index is 806. The molecule has 0 spiro atoms. The average Bonchev–Trinajstić information content (AvgIpc) is 2.58. The van der Waals surface area contributed by atoms with E-state index < -0.39 is 5.91 Å². The van der Waals surface area contributed by atoms with Crippen molar-refractivity contribution < 1.29 is 9.59 Å². The third-order valence-electron chi connectivity index (χ3n) is 4.03. The molecular formula is C20H22Cl2N2O2. The van der Waals surface area contributed by atoms with Crippen molar-refractivity contribution in [3.05, 3.63) is 68.7 Å². The van der Waals surface area contributed by atoms with E-state index in [-0.39, 0.29) is 17.5 Å². The average molecular weight is 393 g/mol. The maximum Gasteiger partial charge on any atom is 0.253 e. The highest BCUT2D eigenvalue weighted by Gasteiger charge is 2.11. The third-order valence-corrected chi connectivity index (χ3v) is 4.58. The number of hydrogen-bond acceptors (Lipinski definition) is 2. The minimum absolute atomic E-state index is 0.0959. The van der Waals surface area contributed by atoms with Crippen molar-refractivity contribution in [2.24, 2.45) is 0 Å². The molecule has 2 N–H and O–H groups in total. The number of benzene rings is 2. The summed E-state index contributed by atoms with van der Waals surface area (Å²) in [7, 11) is 0. The molecule has 0 atom stereocenters. The first-order valence-electron chi connectivity index (χ1n) is 8.43. The lowest BCUT2D eigenvalue weighted by Gasteiger charge is -2.09. The lowest BCUT2D eigenvalue weighted by molar-refractivity contribution is -0.120. The number of carbonyl (C=O) groups excluding carboxylic acids is 2. The van der Waals surface area contributed by atoms with Gasteiger partial charge in [-0.05, 0) is 56.0 Å². The maximum absolute atomic E-state index is 12.0. The molecule has 2 rings (SSSR count). The van der Waals surface area contributed by atoms with Gasteiger partial charge < -0.3 is 10.6 Å². The Balaban J connectivity index is 1.71. The fourth-order valence-electron chi connectivity index (χ4n) is 2.62. The van der Waals surface area contributed by atoms with Gasteiger partial charge in [0.05, 0.1) is 17.1 Å². The van der Waals surface area contributed by atoms with Gasteiger partial charge in [0.15, 0.2) is 0 Å². The van der Waals surface area contributed by atoms with E-state index in [1.807, 2.05) is 0 Å². The van der Waals surface area contributed by atoms with Crippen LogP contribution < -0.4 is 10.6 Å². The van der Waals surface area contributed by atoms with Gasteiger partial charge in [-0.25, -0.2) is 0 Å². The SMILES string of the molecule is Cc1ccc(CCCNC(=O)CNC(=O)c2ccc(Cl)cc2Cl)c(C)c1. The molecule has 0 aliphatic rings. The highest BCUT2D eigenvalue weighted by Crippen LogP contribution is 2.20.